The molecule has 4 nitrogen and oxygen atoms in total. The van der Waals surface area contributed by atoms with Gasteiger partial charge in [-0.25, -0.2) is 0 Å². The summed E-state index contributed by atoms with van der Waals surface area (Å²) in [7, 11) is 0. The van der Waals surface area contributed by atoms with Gasteiger partial charge < -0.3 is 10.2 Å². The summed E-state index contributed by atoms with van der Waals surface area (Å²) in [6.07, 6.45) is 23.6. The summed E-state index contributed by atoms with van der Waals surface area (Å²) in [6.45, 7) is 9.13. The molecule has 0 spiro atoms. The normalized spacial score (nSPS) is 10.8. The van der Waals surface area contributed by atoms with Crippen LogP contribution in [0.1, 0.15) is 84.0 Å². The van der Waals surface area contributed by atoms with Crippen LogP contribution >= 0.6 is 0 Å². The molecule has 0 atom stereocenters. The van der Waals surface area contributed by atoms with Crippen molar-refractivity contribution in [1.29, 1.82) is 0 Å². The molecule has 0 amide bonds. The second-order valence-corrected chi connectivity index (χ2v) is 6.75. The first kappa shape index (κ1) is 28.1. The van der Waals surface area contributed by atoms with Gasteiger partial charge in [-0.1, -0.05) is 69.1 Å². The molecule has 0 heterocycles. The molecule has 0 aliphatic carbocycles. The summed E-state index contributed by atoms with van der Waals surface area (Å²) in [6, 6.07) is 0. The minimum atomic E-state index is -0.778. The molecule has 0 aromatic heterocycles. The second-order valence-electron chi connectivity index (χ2n) is 6.75. The van der Waals surface area contributed by atoms with Crippen LogP contribution in [0, 0.1) is 5.92 Å². The second kappa shape index (κ2) is 22.9. The number of aliphatic carboxylic acids is 2. The van der Waals surface area contributed by atoms with Gasteiger partial charge in [0.25, 0.3) is 0 Å². The third kappa shape index (κ3) is 23.9. The fourth-order valence-corrected chi connectivity index (χ4v) is 2.44. The topological polar surface area (TPSA) is 74.6 Å². The highest BCUT2D eigenvalue weighted by molar-refractivity contribution is 5.70. The van der Waals surface area contributed by atoms with Crippen molar-refractivity contribution in [3.63, 3.8) is 0 Å². The highest BCUT2D eigenvalue weighted by atomic mass is 16.4. The average molecular weight is 393 g/mol. The standard InChI is InChI=1S/C16H28O2.C8H12O2/c1-2-3-4-5-6-7-8-9-10-11-12-13-14-15-16(17)18;1-3-5-7(6-4-2)8(9)10/h4-5,7-8H,2-3,6,9-15H2,1H3,(H,17,18);3-4,7H,1-2,5-6H2,(H,9,10). The number of hydrogen-bond acceptors (Lipinski definition) is 2. The van der Waals surface area contributed by atoms with Crippen LogP contribution in [-0.4, -0.2) is 22.2 Å². The van der Waals surface area contributed by atoms with Crippen molar-refractivity contribution in [2.24, 2.45) is 5.92 Å². The maximum Gasteiger partial charge on any atom is 0.307 e. The Morgan fingerprint density at radius 3 is 1.86 bits per heavy atom. The number of rotatable bonds is 17. The van der Waals surface area contributed by atoms with Crippen LogP contribution in [-0.2, 0) is 9.59 Å². The molecule has 0 fully saturated rings. The quantitative estimate of drug-likeness (QED) is 0.207. The molecule has 0 saturated heterocycles. The van der Waals surface area contributed by atoms with Crippen molar-refractivity contribution in [3.8, 4) is 0 Å². The van der Waals surface area contributed by atoms with E-state index in [1.54, 1.807) is 12.2 Å². The third-order valence-electron chi connectivity index (χ3n) is 4.07. The molecular formula is C24H40O4. The van der Waals surface area contributed by atoms with Crippen LogP contribution in [0.5, 0.6) is 0 Å². The molecule has 0 unspecified atom stereocenters. The van der Waals surface area contributed by atoms with Crippen LogP contribution in [0.2, 0.25) is 0 Å². The molecule has 0 aliphatic rings. The van der Waals surface area contributed by atoms with Gasteiger partial charge in [0.2, 0.25) is 0 Å². The average Bonchev–Trinajstić information content (AvgIpc) is 2.65. The lowest BCUT2D eigenvalue weighted by Crippen LogP contribution is -2.11. The Kier molecular flexibility index (Phi) is 23.0. The zero-order valence-electron chi connectivity index (χ0n) is 17.7. The van der Waals surface area contributed by atoms with E-state index in [2.05, 4.69) is 44.4 Å². The molecule has 0 aromatic carbocycles. The van der Waals surface area contributed by atoms with Crippen LogP contribution in [0.15, 0.2) is 49.6 Å². The summed E-state index contributed by atoms with van der Waals surface area (Å²) in [5.41, 5.74) is 0. The molecule has 0 saturated carbocycles. The summed E-state index contributed by atoms with van der Waals surface area (Å²) >= 11 is 0. The van der Waals surface area contributed by atoms with Gasteiger partial charge in [0.1, 0.15) is 0 Å². The van der Waals surface area contributed by atoms with Crippen LogP contribution in [0.3, 0.4) is 0 Å². The fourth-order valence-electron chi connectivity index (χ4n) is 2.44. The smallest absolute Gasteiger partial charge is 0.307 e. The Hall–Kier alpha value is -2.10. The monoisotopic (exact) mass is 392 g/mol. The highest BCUT2D eigenvalue weighted by Gasteiger charge is 2.12. The van der Waals surface area contributed by atoms with E-state index in [4.69, 9.17) is 10.2 Å². The first-order chi connectivity index (χ1) is 13.5. The van der Waals surface area contributed by atoms with Crippen LogP contribution in [0.4, 0.5) is 0 Å². The predicted octanol–water partition coefficient (Wildman–Crippen LogP) is 6.94. The van der Waals surface area contributed by atoms with Gasteiger partial charge in [-0.3, -0.25) is 9.59 Å². The van der Waals surface area contributed by atoms with Gasteiger partial charge >= 0.3 is 11.9 Å². The van der Waals surface area contributed by atoms with Gasteiger partial charge in [0, 0.05) is 6.42 Å². The number of carbonyl (C=O) groups is 2. The summed E-state index contributed by atoms with van der Waals surface area (Å²) in [4.78, 5) is 20.7. The van der Waals surface area contributed by atoms with Crippen molar-refractivity contribution in [1.82, 2.24) is 0 Å². The van der Waals surface area contributed by atoms with E-state index in [9.17, 15) is 9.59 Å². The van der Waals surface area contributed by atoms with E-state index in [1.165, 1.54) is 25.7 Å². The molecular weight excluding hydrogens is 352 g/mol. The van der Waals surface area contributed by atoms with Crippen molar-refractivity contribution in [3.05, 3.63) is 49.6 Å². The Labute approximate surface area is 171 Å². The number of carboxylic acids is 2. The van der Waals surface area contributed by atoms with Gasteiger partial charge in [0.15, 0.2) is 0 Å². The van der Waals surface area contributed by atoms with Crippen LogP contribution in [0.25, 0.3) is 0 Å². The molecule has 4 heteroatoms. The highest BCUT2D eigenvalue weighted by Crippen LogP contribution is 2.09. The molecule has 0 aliphatic heterocycles. The van der Waals surface area contributed by atoms with Crippen molar-refractivity contribution in [2.75, 3.05) is 0 Å². The van der Waals surface area contributed by atoms with Gasteiger partial charge in [-0.05, 0) is 44.9 Å². The molecule has 0 radical (unpaired) electrons. The molecule has 28 heavy (non-hydrogen) atoms. The van der Waals surface area contributed by atoms with E-state index >= 15 is 0 Å². The van der Waals surface area contributed by atoms with Crippen molar-refractivity contribution in [2.45, 2.75) is 84.0 Å². The minimum Gasteiger partial charge on any atom is -0.481 e. The number of allylic oxidation sites excluding steroid dienone is 6. The Balaban J connectivity index is 0. The number of carboxylic acid groups (broad SMARTS) is 2. The first-order valence-corrected chi connectivity index (χ1v) is 10.5. The van der Waals surface area contributed by atoms with E-state index in [1.807, 2.05) is 0 Å². The molecule has 0 aromatic rings. The Morgan fingerprint density at radius 2 is 1.36 bits per heavy atom. The fraction of sp³-hybridized carbons (Fsp3) is 0.583. The van der Waals surface area contributed by atoms with Gasteiger partial charge in [0.05, 0.1) is 5.92 Å². The van der Waals surface area contributed by atoms with Crippen LogP contribution < -0.4 is 0 Å². The third-order valence-corrected chi connectivity index (χ3v) is 4.07. The summed E-state index contributed by atoms with van der Waals surface area (Å²) in [5, 5.41) is 17.0. The summed E-state index contributed by atoms with van der Waals surface area (Å²) in [5.74, 6) is -1.79. The van der Waals surface area contributed by atoms with E-state index < -0.39 is 11.9 Å². The predicted molar refractivity (Wildman–Crippen MR) is 119 cm³/mol. The van der Waals surface area contributed by atoms with Crippen molar-refractivity contribution >= 4 is 11.9 Å². The maximum atomic E-state index is 10.4. The number of unbranched alkanes of at least 4 members (excludes halogenated alkanes) is 6. The molecule has 2 N–H and O–H groups in total. The molecule has 0 rings (SSSR count). The zero-order chi connectivity index (χ0) is 21.5. The lowest BCUT2D eigenvalue weighted by Gasteiger charge is -2.04. The lowest BCUT2D eigenvalue weighted by atomic mass is 10.0. The first-order valence-electron chi connectivity index (χ1n) is 10.5. The SMILES string of the molecule is C=CCC(CC=C)C(=O)O.CCCC=CCC=CCCCCCCCC(=O)O. The molecule has 160 valence electrons. The summed E-state index contributed by atoms with van der Waals surface area (Å²) < 4.78 is 0. The Morgan fingerprint density at radius 1 is 0.821 bits per heavy atom. The lowest BCUT2D eigenvalue weighted by molar-refractivity contribution is -0.141. The maximum absolute atomic E-state index is 10.4. The van der Waals surface area contributed by atoms with Crippen molar-refractivity contribution < 1.29 is 19.8 Å². The zero-order valence-corrected chi connectivity index (χ0v) is 17.7. The largest absolute Gasteiger partial charge is 0.481 e. The van der Waals surface area contributed by atoms with Gasteiger partial charge in [-0.2, -0.15) is 0 Å². The number of hydrogen-bond donors (Lipinski definition) is 2. The van der Waals surface area contributed by atoms with Gasteiger partial charge in [-0.15, -0.1) is 13.2 Å². The van der Waals surface area contributed by atoms with E-state index in [-0.39, 0.29) is 5.92 Å². The Bertz CT molecular complexity index is 453. The minimum absolute atomic E-state index is 0.323. The van der Waals surface area contributed by atoms with E-state index in [0.29, 0.717) is 19.3 Å². The molecule has 0 bridgehead atoms. The van der Waals surface area contributed by atoms with E-state index in [0.717, 1.165) is 32.1 Å².